The number of piperidine rings is 1. The summed E-state index contributed by atoms with van der Waals surface area (Å²) in [5.74, 6) is -0.638. The molecule has 2 N–H and O–H groups in total. The van der Waals surface area contributed by atoms with Crippen LogP contribution in [0.15, 0.2) is 42.5 Å². The van der Waals surface area contributed by atoms with Gasteiger partial charge in [-0.05, 0) is 81.0 Å². The van der Waals surface area contributed by atoms with Gasteiger partial charge in [0.05, 0.1) is 11.8 Å². The molecule has 2 aromatic carbocycles. The molecule has 2 aliphatic rings. The molecule has 2 amide bonds. The molecule has 0 bridgehead atoms. The minimum atomic E-state index is -0.248. The highest BCUT2D eigenvalue weighted by atomic mass is 16.2. The van der Waals surface area contributed by atoms with Crippen molar-refractivity contribution in [2.24, 2.45) is 11.8 Å². The Kier molecular flexibility index (Phi) is 5.56. The molecule has 0 aromatic heterocycles. The van der Waals surface area contributed by atoms with Crippen molar-refractivity contribution in [3.8, 4) is 0 Å². The summed E-state index contributed by atoms with van der Waals surface area (Å²) in [6.07, 6.45) is 4.40. The summed E-state index contributed by atoms with van der Waals surface area (Å²) in [7, 11) is 0. The van der Waals surface area contributed by atoms with Gasteiger partial charge in [-0.15, -0.1) is 0 Å². The minimum Gasteiger partial charge on any atom is -0.372 e. The van der Waals surface area contributed by atoms with E-state index in [4.69, 9.17) is 0 Å². The van der Waals surface area contributed by atoms with E-state index in [9.17, 15) is 9.59 Å². The Bertz CT molecular complexity index is 901. The van der Waals surface area contributed by atoms with E-state index in [0.29, 0.717) is 6.42 Å². The number of rotatable bonds is 5. The van der Waals surface area contributed by atoms with E-state index in [1.54, 1.807) is 0 Å². The summed E-state index contributed by atoms with van der Waals surface area (Å²) in [6, 6.07) is 13.9. The second-order valence-corrected chi connectivity index (χ2v) is 8.27. The molecule has 5 heteroatoms. The molecule has 4 rings (SSSR count). The van der Waals surface area contributed by atoms with Crippen molar-refractivity contribution in [1.29, 1.82) is 0 Å². The summed E-state index contributed by atoms with van der Waals surface area (Å²) in [6.45, 7) is 6.22. The van der Waals surface area contributed by atoms with Crippen LogP contribution < -0.4 is 15.5 Å². The number of hydrogen-bond acceptors (Lipinski definition) is 3. The van der Waals surface area contributed by atoms with Gasteiger partial charge in [-0.1, -0.05) is 12.1 Å². The van der Waals surface area contributed by atoms with Crippen molar-refractivity contribution >= 4 is 28.9 Å². The normalized spacial score (nSPS) is 20.8. The lowest BCUT2D eigenvalue weighted by atomic mass is 10.1. The molecule has 2 fully saturated rings. The molecule has 29 heavy (non-hydrogen) atoms. The van der Waals surface area contributed by atoms with Gasteiger partial charge in [-0.2, -0.15) is 0 Å². The molecule has 5 nitrogen and oxygen atoms in total. The maximum absolute atomic E-state index is 12.5. The number of hydrogen-bond donors (Lipinski definition) is 2. The number of benzene rings is 2. The van der Waals surface area contributed by atoms with Crippen LogP contribution in [0.3, 0.4) is 0 Å². The fourth-order valence-corrected chi connectivity index (χ4v) is 4.03. The smallest absolute Gasteiger partial charge is 0.228 e. The molecule has 0 radical (unpaired) electrons. The third-order valence-corrected chi connectivity index (χ3v) is 6.18. The molecule has 1 aliphatic heterocycles. The zero-order valence-electron chi connectivity index (χ0n) is 17.2. The molecule has 2 unspecified atom stereocenters. The van der Waals surface area contributed by atoms with Crippen LogP contribution in [0.5, 0.6) is 0 Å². The van der Waals surface area contributed by atoms with Crippen LogP contribution in [0, 0.1) is 25.7 Å². The lowest BCUT2D eigenvalue weighted by Gasteiger charge is -2.28. The zero-order valence-corrected chi connectivity index (χ0v) is 17.2. The molecule has 1 saturated heterocycles. The standard InChI is InChI=1S/C24H29N3O2/c1-16-7-6-8-22(17(16)2)26-24(29)21-15-20(21)23(28)25-18-9-11-19(12-10-18)27-13-4-3-5-14-27/h6-12,20-21H,3-5,13-15H2,1-2H3,(H,25,28)(H,26,29). The monoisotopic (exact) mass is 391 g/mol. The minimum absolute atomic E-state index is 0.0701. The van der Waals surface area contributed by atoms with Crippen molar-refractivity contribution < 1.29 is 9.59 Å². The Hall–Kier alpha value is -2.82. The Balaban J connectivity index is 1.30. The molecule has 0 spiro atoms. The van der Waals surface area contributed by atoms with Crippen LogP contribution in [0.4, 0.5) is 17.1 Å². The Morgan fingerprint density at radius 1 is 0.862 bits per heavy atom. The van der Waals surface area contributed by atoms with Crippen LogP contribution >= 0.6 is 0 Å². The highest BCUT2D eigenvalue weighted by Crippen LogP contribution is 2.40. The number of anilines is 3. The number of aryl methyl sites for hydroxylation is 1. The van der Waals surface area contributed by atoms with Crippen molar-refractivity contribution in [3.63, 3.8) is 0 Å². The van der Waals surface area contributed by atoms with Gasteiger partial charge in [0.15, 0.2) is 0 Å². The van der Waals surface area contributed by atoms with Gasteiger partial charge in [0.1, 0.15) is 0 Å². The lowest BCUT2D eigenvalue weighted by molar-refractivity contribution is -0.122. The molecule has 1 aliphatic carbocycles. The second-order valence-electron chi connectivity index (χ2n) is 8.27. The molecule has 1 saturated carbocycles. The largest absolute Gasteiger partial charge is 0.372 e. The van der Waals surface area contributed by atoms with Gasteiger partial charge < -0.3 is 15.5 Å². The SMILES string of the molecule is Cc1cccc(NC(=O)C2CC2C(=O)Nc2ccc(N3CCCCC3)cc2)c1C. The van der Waals surface area contributed by atoms with Gasteiger partial charge in [-0.3, -0.25) is 9.59 Å². The quantitative estimate of drug-likeness (QED) is 0.788. The first-order valence-corrected chi connectivity index (χ1v) is 10.6. The van der Waals surface area contributed by atoms with E-state index < -0.39 is 0 Å². The maximum Gasteiger partial charge on any atom is 0.228 e. The Morgan fingerprint density at radius 2 is 1.52 bits per heavy atom. The van der Waals surface area contributed by atoms with Crippen molar-refractivity contribution in [1.82, 2.24) is 0 Å². The first kappa shape index (κ1) is 19.5. The van der Waals surface area contributed by atoms with Crippen LogP contribution in [-0.4, -0.2) is 24.9 Å². The summed E-state index contributed by atoms with van der Waals surface area (Å²) < 4.78 is 0. The second kappa shape index (κ2) is 8.27. The van der Waals surface area contributed by atoms with Crippen LogP contribution in [-0.2, 0) is 9.59 Å². The molecule has 2 atom stereocenters. The summed E-state index contributed by atoms with van der Waals surface area (Å²) in [5, 5.41) is 5.95. The molecular weight excluding hydrogens is 362 g/mol. The molecule has 152 valence electrons. The fraction of sp³-hybridized carbons (Fsp3) is 0.417. The summed E-state index contributed by atoms with van der Waals surface area (Å²) in [5.41, 5.74) is 5.03. The van der Waals surface area contributed by atoms with Crippen molar-refractivity contribution in [2.45, 2.75) is 39.5 Å². The number of nitrogens with one attached hydrogen (secondary N) is 2. The van der Waals surface area contributed by atoms with Gasteiger partial charge in [-0.25, -0.2) is 0 Å². The number of amides is 2. The Labute approximate surface area is 172 Å². The first-order valence-electron chi connectivity index (χ1n) is 10.6. The van der Waals surface area contributed by atoms with E-state index in [1.807, 2.05) is 44.2 Å². The van der Waals surface area contributed by atoms with E-state index in [-0.39, 0.29) is 23.7 Å². The van der Waals surface area contributed by atoms with Crippen LogP contribution in [0.25, 0.3) is 0 Å². The van der Waals surface area contributed by atoms with E-state index in [1.165, 1.54) is 24.9 Å². The van der Waals surface area contributed by atoms with E-state index in [0.717, 1.165) is 35.6 Å². The first-order chi connectivity index (χ1) is 14.0. The predicted molar refractivity (Wildman–Crippen MR) is 117 cm³/mol. The van der Waals surface area contributed by atoms with Gasteiger partial charge in [0.2, 0.25) is 11.8 Å². The third kappa shape index (κ3) is 4.44. The summed E-state index contributed by atoms with van der Waals surface area (Å²) in [4.78, 5) is 27.5. The fourth-order valence-electron chi connectivity index (χ4n) is 4.03. The van der Waals surface area contributed by atoms with Crippen molar-refractivity contribution in [3.05, 3.63) is 53.6 Å². The average molecular weight is 392 g/mol. The number of carbonyl (C=O) groups is 2. The highest BCUT2D eigenvalue weighted by Gasteiger charge is 2.48. The number of nitrogens with zero attached hydrogens (tertiary/aromatic N) is 1. The number of carbonyl (C=O) groups excluding carboxylic acids is 2. The van der Waals surface area contributed by atoms with E-state index >= 15 is 0 Å². The van der Waals surface area contributed by atoms with Gasteiger partial charge >= 0.3 is 0 Å². The maximum atomic E-state index is 12.5. The summed E-state index contributed by atoms with van der Waals surface area (Å²) >= 11 is 0. The molecular formula is C24H29N3O2. The van der Waals surface area contributed by atoms with Gasteiger partial charge in [0, 0.05) is 30.2 Å². The van der Waals surface area contributed by atoms with Crippen LogP contribution in [0.2, 0.25) is 0 Å². The highest BCUT2D eigenvalue weighted by molar-refractivity contribution is 6.03. The molecule has 1 heterocycles. The predicted octanol–water partition coefficient (Wildman–Crippen LogP) is 4.51. The topological polar surface area (TPSA) is 61.4 Å². The van der Waals surface area contributed by atoms with Crippen LogP contribution in [0.1, 0.15) is 36.8 Å². The lowest BCUT2D eigenvalue weighted by Crippen LogP contribution is -2.29. The van der Waals surface area contributed by atoms with Crippen molar-refractivity contribution in [2.75, 3.05) is 28.6 Å². The third-order valence-electron chi connectivity index (χ3n) is 6.18. The van der Waals surface area contributed by atoms with Gasteiger partial charge in [0.25, 0.3) is 0 Å². The average Bonchev–Trinajstić information content (AvgIpc) is 3.54. The zero-order chi connectivity index (χ0) is 20.4. The molecule has 2 aromatic rings. The Morgan fingerprint density at radius 3 is 2.21 bits per heavy atom. The van der Waals surface area contributed by atoms with E-state index in [2.05, 4.69) is 27.7 Å².